The standard InChI is InChI=1S/C23H26N2O3S/c1-15(2)13-25-22(26)19(24-23(25)29)12-17-9-10-21(27-4)18(11-17)14-28-20-8-6-5-7-16(20)3/h5-12,15H,13-14H2,1-4H3,(H,24,29)/b19-12+. The molecule has 3 rings (SSSR count). The molecular formula is C23H26N2O3S. The van der Waals surface area contributed by atoms with E-state index in [1.54, 1.807) is 12.0 Å². The largest absolute Gasteiger partial charge is 0.496 e. The van der Waals surface area contributed by atoms with Crippen molar-refractivity contribution < 1.29 is 14.3 Å². The molecule has 0 aliphatic carbocycles. The second-order valence-corrected chi connectivity index (χ2v) is 7.81. The molecule has 1 amide bonds. The summed E-state index contributed by atoms with van der Waals surface area (Å²) in [6.45, 7) is 7.09. The molecule has 6 heteroatoms. The minimum absolute atomic E-state index is 0.0998. The Hall–Kier alpha value is -2.86. The number of para-hydroxylation sites is 1. The summed E-state index contributed by atoms with van der Waals surface area (Å²) in [5.41, 5.74) is 3.33. The van der Waals surface area contributed by atoms with Gasteiger partial charge in [-0.05, 0) is 60.5 Å². The Morgan fingerprint density at radius 3 is 2.62 bits per heavy atom. The van der Waals surface area contributed by atoms with E-state index in [0.29, 0.717) is 29.9 Å². The fraction of sp³-hybridized carbons (Fsp3) is 0.304. The van der Waals surface area contributed by atoms with Gasteiger partial charge in [0.1, 0.15) is 23.8 Å². The van der Waals surface area contributed by atoms with Crippen molar-refractivity contribution in [2.75, 3.05) is 13.7 Å². The lowest BCUT2D eigenvalue weighted by molar-refractivity contribution is -0.122. The number of carbonyl (C=O) groups is 1. The minimum Gasteiger partial charge on any atom is -0.496 e. The fourth-order valence-corrected chi connectivity index (χ4v) is 3.41. The van der Waals surface area contributed by atoms with Crippen molar-refractivity contribution in [3.05, 3.63) is 64.9 Å². The zero-order valence-corrected chi connectivity index (χ0v) is 18.0. The van der Waals surface area contributed by atoms with Crippen molar-refractivity contribution in [1.82, 2.24) is 10.2 Å². The van der Waals surface area contributed by atoms with Gasteiger partial charge >= 0.3 is 0 Å². The molecule has 0 spiro atoms. The molecule has 0 aromatic heterocycles. The molecule has 0 unspecified atom stereocenters. The molecule has 0 bridgehead atoms. The third kappa shape index (κ3) is 4.95. The summed E-state index contributed by atoms with van der Waals surface area (Å²) in [7, 11) is 1.63. The number of nitrogens with zero attached hydrogens (tertiary/aromatic N) is 1. The first-order valence-corrected chi connectivity index (χ1v) is 9.99. The van der Waals surface area contributed by atoms with Gasteiger partial charge in [-0.2, -0.15) is 0 Å². The summed E-state index contributed by atoms with van der Waals surface area (Å²) in [5, 5.41) is 3.48. The van der Waals surface area contributed by atoms with E-state index >= 15 is 0 Å². The Kier molecular flexibility index (Phi) is 6.54. The number of ether oxygens (including phenoxy) is 2. The molecule has 1 heterocycles. The quantitative estimate of drug-likeness (QED) is 0.545. The monoisotopic (exact) mass is 410 g/mol. The fourth-order valence-electron chi connectivity index (χ4n) is 3.14. The molecule has 1 N–H and O–H groups in total. The van der Waals surface area contributed by atoms with Gasteiger partial charge in [0.05, 0.1) is 7.11 Å². The van der Waals surface area contributed by atoms with E-state index in [9.17, 15) is 4.79 Å². The van der Waals surface area contributed by atoms with Gasteiger partial charge in [0, 0.05) is 12.1 Å². The van der Waals surface area contributed by atoms with Gasteiger partial charge in [-0.25, -0.2) is 0 Å². The van der Waals surface area contributed by atoms with E-state index in [0.717, 1.165) is 28.2 Å². The first kappa shape index (κ1) is 20.9. The van der Waals surface area contributed by atoms with Crippen LogP contribution in [0.15, 0.2) is 48.2 Å². The van der Waals surface area contributed by atoms with E-state index < -0.39 is 0 Å². The van der Waals surface area contributed by atoms with Gasteiger partial charge in [0.2, 0.25) is 0 Å². The predicted octanol–water partition coefficient (Wildman–Crippen LogP) is 4.30. The van der Waals surface area contributed by atoms with E-state index in [-0.39, 0.29) is 5.91 Å². The van der Waals surface area contributed by atoms with Crippen LogP contribution in [0.1, 0.15) is 30.5 Å². The normalized spacial score (nSPS) is 15.2. The molecule has 2 aromatic carbocycles. The molecular weight excluding hydrogens is 384 g/mol. The number of carbonyl (C=O) groups excluding carboxylic acids is 1. The third-order valence-corrected chi connectivity index (χ3v) is 4.92. The average molecular weight is 411 g/mol. The molecule has 0 atom stereocenters. The van der Waals surface area contributed by atoms with Crippen LogP contribution in [0.3, 0.4) is 0 Å². The minimum atomic E-state index is -0.0998. The first-order valence-electron chi connectivity index (χ1n) is 9.59. The van der Waals surface area contributed by atoms with Gasteiger partial charge in [-0.15, -0.1) is 0 Å². The molecule has 1 saturated heterocycles. The molecule has 29 heavy (non-hydrogen) atoms. The summed E-state index contributed by atoms with van der Waals surface area (Å²) in [6.07, 6.45) is 1.81. The lowest BCUT2D eigenvalue weighted by atomic mass is 10.1. The van der Waals surface area contributed by atoms with E-state index in [1.165, 1.54) is 0 Å². The van der Waals surface area contributed by atoms with Crippen molar-refractivity contribution in [3.63, 3.8) is 0 Å². The van der Waals surface area contributed by atoms with Crippen molar-refractivity contribution in [3.8, 4) is 11.5 Å². The van der Waals surface area contributed by atoms with Gasteiger partial charge in [-0.3, -0.25) is 9.69 Å². The average Bonchev–Trinajstić information content (AvgIpc) is 2.94. The van der Waals surface area contributed by atoms with Crippen molar-refractivity contribution >= 4 is 29.3 Å². The number of hydrogen-bond donors (Lipinski definition) is 1. The van der Waals surface area contributed by atoms with Crippen molar-refractivity contribution in [1.29, 1.82) is 0 Å². The number of hydrogen-bond acceptors (Lipinski definition) is 4. The molecule has 0 radical (unpaired) electrons. The maximum Gasteiger partial charge on any atom is 0.276 e. The second-order valence-electron chi connectivity index (χ2n) is 7.42. The number of methoxy groups -OCH3 is 1. The van der Waals surface area contributed by atoms with E-state index in [1.807, 2.05) is 55.5 Å². The SMILES string of the molecule is COc1ccc(/C=C2/NC(=S)N(CC(C)C)C2=O)cc1COc1ccccc1C. The van der Waals surface area contributed by atoms with Crippen LogP contribution in [0.2, 0.25) is 0 Å². The highest BCUT2D eigenvalue weighted by Crippen LogP contribution is 2.25. The zero-order chi connectivity index (χ0) is 21.0. The Bertz CT molecular complexity index is 953. The van der Waals surface area contributed by atoms with Gasteiger partial charge in [-0.1, -0.05) is 38.1 Å². The Labute approximate surface area is 177 Å². The van der Waals surface area contributed by atoms with Crippen LogP contribution in [0.25, 0.3) is 6.08 Å². The van der Waals surface area contributed by atoms with Crippen LogP contribution < -0.4 is 14.8 Å². The van der Waals surface area contributed by atoms with Crippen LogP contribution in [-0.4, -0.2) is 29.6 Å². The maximum absolute atomic E-state index is 12.7. The molecule has 1 fully saturated rings. The molecule has 5 nitrogen and oxygen atoms in total. The maximum atomic E-state index is 12.7. The lowest BCUT2D eigenvalue weighted by Gasteiger charge is -2.16. The summed E-state index contributed by atoms with van der Waals surface area (Å²) in [5.74, 6) is 1.81. The number of nitrogens with one attached hydrogen (secondary N) is 1. The number of rotatable bonds is 7. The van der Waals surface area contributed by atoms with Gasteiger partial charge in [0.25, 0.3) is 5.91 Å². The van der Waals surface area contributed by atoms with Crippen molar-refractivity contribution in [2.24, 2.45) is 5.92 Å². The van der Waals surface area contributed by atoms with Crippen LogP contribution in [-0.2, 0) is 11.4 Å². The van der Waals surface area contributed by atoms with Crippen LogP contribution in [0.5, 0.6) is 11.5 Å². The van der Waals surface area contributed by atoms with E-state index in [2.05, 4.69) is 19.2 Å². The van der Waals surface area contributed by atoms with Crippen LogP contribution >= 0.6 is 12.2 Å². The summed E-state index contributed by atoms with van der Waals surface area (Å²) in [6, 6.07) is 13.6. The first-order chi connectivity index (χ1) is 13.9. The summed E-state index contributed by atoms with van der Waals surface area (Å²) < 4.78 is 11.5. The summed E-state index contributed by atoms with van der Waals surface area (Å²) >= 11 is 5.32. The third-order valence-electron chi connectivity index (χ3n) is 4.60. The Morgan fingerprint density at radius 2 is 1.93 bits per heavy atom. The summed E-state index contributed by atoms with van der Waals surface area (Å²) in [4.78, 5) is 14.3. The predicted molar refractivity (Wildman–Crippen MR) is 119 cm³/mol. The Morgan fingerprint density at radius 1 is 1.17 bits per heavy atom. The smallest absolute Gasteiger partial charge is 0.276 e. The number of thiocarbonyl (C=S) groups is 1. The highest BCUT2D eigenvalue weighted by atomic mass is 32.1. The number of benzene rings is 2. The lowest BCUT2D eigenvalue weighted by Crippen LogP contribution is -2.33. The number of amides is 1. The molecule has 0 saturated carbocycles. The topological polar surface area (TPSA) is 50.8 Å². The Balaban J connectivity index is 1.81. The second kappa shape index (κ2) is 9.09. The zero-order valence-electron chi connectivity index (χ0n) is 17.2. The highest BCUT2D eigenvalue weighted by molar-refractivity contribution is 7.80. The van der Waals surface area contributed by atoms with Crippen molar-refractivity contribution in [2.45, 2.75) is 27.4 Å². The molecule has 2 aromatic rings. The van der Waals surface area contributed by atoms with Crippen LogP contribution in [0, 0.1) is 12.8 Å². The van der Waals surface area contributed by atoms with Gasteiger partial charge < -0.3 is 14.8 Å². The number of aryl methyl sites for hydroxylation is 1. The van der Waals surface area contributed by atoms with Crippen LogP contribution in [0.4, 0.5) is 0 Å². The van der Waals surface area contributed by atoms with E-state index in [4.69, 9.17) is 21.7 Å². The molecule has 1 aliphatic heterocycles. The van der Waals surface area contributed by atoms with Gasteiger partial charge in [0.15, 0.2) is 5.11 Å². The highest BCUT2D eigenvalue weighted by Gasteiger charge is 2.30. The molecule has 152 valence electrons. The molecule has 1 aliphatic rings.